The summed E-state index contributed by atoms with van der Waals surface area (Å²) in [6, 6.07) is 13.4. The molecule has 25 heavy (non-hydrogen) atoms. The van der Waals surface area contributed by atoms with Gasteiger partial charge in [-0.3, -0.25) is 4.90 Å². The molecule has 1 saturated heterocycles. The van der Waals surface area contributed by atoms with Gasteiger partial charge in [0.15, 0.2) is 0 Å². The summed E-state index contributed by atoms with van der Waals surface area (Å²) in [5.41, 5.74) is 4.17. The summed E-state index contributed by atoms with van der Waals surface area (Å²) in [4.78, 5) is 2.32. The van der Waals surface area contributed by atoms with Crippen molar-refractivity contribution in [3.63, 3.8) is 0 Å². The number of aliphatic hydroxyl groups is 1. The van der Waals surface area contributed by atoms with Gasteiger partial charge in [0.1, 0.15) is 5.82 Å². The van der Waals surface area contributed by atoms with Gasteiger partial charge in [-0.05, 0) is 64.3 Å². The van der Waals surface area contributed by atoms with E-state index in [0.717, 1.165) is 37.1 Å². The fourth-order valence-electron chi connectivity index (χ4n) is 4.09. The van der Waals surface area contributed by atoms with Crippen LogP contribution in [0.3, 0.4) is 0 Å². The van der Waals surface area contributed by atoms with E-state index in [1.54, 1.807) is 6.07 Å². The average Bonchev–Trinajstić information content (AvgIpc) is 2.60. The third-order valence-corrected chi connectivity index (χ3v) is 5.51. The maximum absolute atomic E-state index is 14.0. The number of piperidine rings is 1. The van der Waals surface area contributed by atoms with Crippen molar-refractivity contribution in [3.05, 3.63) is 70.5 Å². The van der Waals surface area contributed by atoms with Crippen molar-refractivity contribution >= 4 is 0 Å². The molecular weight excluding hydrogens is 313 g/mol. The van der Waals surface area contributed by atoms with Crippen LogP contribution in [-0.2, 0) is 0 Å². The fourth-order valence-corrected chi connectivity index (χ4v) is 4.09. The lowest BCUT2D eigenvalue weighted by Gasteiger charge is -2.38. The predicted octanol–water partition coefficient (Wildman–Crippen LogP) is 4.95. The molecule has 1 aliphatic rings. The van der Waals surface area contributed by atoms with Crippen molar-refractivity contribution in [3.8, 4) is 0 Å². The minimum absolute atomic E-state index is 0.0699. The molecule has 1 heterocycles. The summed E-state index contributed by atoms with van der Waals surface area (Å²) < 4.78 is 14.0. The number of likely N-dealkylation sites (tertiary alicyclic amines) is 1. The Kier molecular flexibility index (Phi) is 5.55. The number of hydrogen-bond donors (Lipinski definition) is 1. The topological polar surface area (TPSA) is 23.5 Å². The highest BCUT2D eigenvalue weighted by atomic mass is 19.1. The second kappa shape index (κ2) is 7.67. The molecule has 3 rings (SSSR count). The smallest absolute Gasteiger partial charge is 0.127 e. The van der Waals surface area contributed by atoms with E-state index < -0.39 is 6.10 Å². The van der Waals surface area contributed by atoms with Gasteiger partial charge < -0.3 is 5.11 Å². The molecule has 0 bridgehead atoms. The zero-order valence-corrected chi connectivity index (χ0v) is 15.4. The largest absolute Gasteiger partial charge is 0.388 e. The van der Waals surface area contributed by atoms with Gasteiger partial charge in [-0.25, -0.2) is 4.39 Å². The summed E-state index contributed by atoms with van der Waals surface area (Å²) in [5, 5.41) is 10.8. The van der Waals surface area contributed by atoms with Crippen molar-refractivity contribution in [2.24, 2.45) is 5.92 Å². The van der Waals surface area contributed by atoms with Gasteiger partial charge in [0, 0.05) is 11.6 Å². The molecular formula is C22H28FNO. The third-order valence-electron chi connectivity index (χ3n) is 5.51. The first-order valence-electron chi connectivity index (χ1n) is 9.20. The summed E-state index contributed by atoms with van der Waals surface area (Å²) in [6.45, 7) is 7.99. The lowest BCUT2D eigenvalue weighted by Crippen LogP contribution is -2.37. The maximum atomic E-state index is 14.0. The normalized spacial score (nSPS) is 18.9. The number of aliphatic hydroxyl groups excluding tert-OH is 1. The Balaban J connectivity index is 1.64. The molecule has 134 valence electrons. The second-order valence-electron chi connectivity index (χ2n) is 7.44. The van der Waals surface area contributed by atoms with Crippen LogP contribution < -0.4 is 0 Å². The van der Waals surface area contributed by atoms with E-state index in [2.05, 4.69) is 43.9 Å². The van der Waals surface area contributed by atoms with E-state index in [4.69, 9.17) is 0 Å². The number of nitrogens with zero attached hydrogens (tertiary/aromatic N) is 1. The van der Waals surface area contributed by atoms with Gasteiger partial charge in [0.05, 0.1) is 6.10 Å². The minimum atomic E-state index is -0.412. The van der Waals surface area contributed by atoms with E-state index in [-0.39, 0.29) is 17.8 Å². The standard InChI is InChI=1S/C22H28FNO/c1-15-12-16(2)14-19(13-15)22(25)18-8-10-24(11-9-18)17(3)20-6-4-5-7-21(20)23/h4-7,12-14,17-18,22,25H,8-11H2,1-3H3. The predicted molar refractivity (Wildman–Crippen MR) is 100.0 cm³/mol. The molecule has 2 aromatic rings. The van der Waals surface area contributed by atoms with Crippen molar-refractivity contribution in [2.75, 3.05) is 13.1 Å². The molecule has 0 spiro atoms. The molecule has 2 unspecified atom stereocenters. The maximum Gasteiger partial charge on any atom is 0.127 e. The first kappa shape index (κ1) is 18.1. The van der Waals surface area contributed by atoms with E-state index in [9.17, 15) is 9.50 Å². The van der Waals surface area contributed by atoms with E-state index in [1.165, 1.54) is 17.2 Å². The second-order valence-corrected chi connectivity index (χ2v) is 7.44. The van der Waals surface area contributed by atoms with Gasteiger partial charge in [-0.15, -0.1) is 0 Å². The van der Waals surface area contributed by atoms with Gasteiger partial charge in [0.2, 0.25) is 0 Å². The molecule has 0 aromatic heterocycles. The van der Waals surface area contributed by atoms with E-state index >= 15 is 0 Å². The molecule has 0 amide bonds. The Morgan fingerprint density at radius 2 is 1.64 bits per heavy atom. The molecule has 2 aromatic carbocycles. The summed E-state index contributed by atoms with van der Waals surface area (Å²) >= 11 is 0. The zero-order valence-electron chi connectivity index (χ0n) is 15.4. The van der Waals surface area contributed by atoms with Crippen molar-refractivity contribution in [1.82, 2.24) is 4.90 Å². The van der Waals surface area contributed by atoms with E-state index in [0.29, 0.717) is 0 Å². The number of aryl methyl sites for hydroxylation is 2. The number of benzene rings is 2. The molecule has 1 aliphatic heterocycles. The molecule has 0 saturated carbocycles. The molecule has 2 atom stereocenters. The Hall–Kier alpha value is -1.71. The third kappa shape index (κ3) is 4.10. The van der Waals surface area contributed by atoms with Crippen LogP contribution in [0.4, 0.5) is 4.39 Å². The first-order chi connectivity index (χ1) is 12.0. The van der Waals surface area contributed by atoms with Crippen LogP contribution in [0.2, 0.25) is 0 Å². The fraction of sp³-hybridized carbons (Fsp3) is 0.455. The van der Waals surface area contributed by atoms with Gasteiger partial charge in [-0.2, -0.15) is 0 Å². The summed E-state index contributed by atoms with van der Waals surface area (Å²) in [5.74, 6) is 0.137. The molecule has 1 fully saturated rings. The van der Waals surface area contributed by atoms with Crippen LogP contribution in [0.15, 0.2) is 42.5 Å². The molecule has 3 heteroatoms. The average molecular weight is 341 g/mol. The molecule has 2 nitrogen and oxygen atoms in total. The van der Waals surface area contributed by atoms with Crippen molar-refractivity contribution < 1.29 is 9.50 Å². The summed E-state index contributed by atoms with van der Waals surface area (Å²) in [7, 11) is 0. The minimum Gasteiger partial charge on any atom is -0.388 e. The van der Waals surface area contributed by atoms with Crippen molar-refractivity contribution in [1.29, 1.82) is 0 Å². The molecule has 0 radical (unpaired) electrons. The van der Waals surface area contributed by atoms with Gasteiger partial charge >= 0.3 is 0 Å². The Morgan fingerprint density at radius 3 is 2.24 bits per heavy atom. The Bertz CT molecular complexity index is 701. The SMILES string of the molecule is Cc1cc(C)cc(C(O)C2CCN(C(C)c3ccccc3F)CC2)c1. The zero-order chi connectivity index (χ0) is 18.0. The number of rotatable bonds is 4. The van der Waals surface area contributed by atoms with Crippen LogP contribution >= 0.6 is 0 Å². The van der Waals surface area contributed by atoms with E-state index in [1.807, 2.05) is 12.1 Å². The Morgan fingerprint density at radius 1 is 1.04 bits per heavy atom. The van der Waals surface area contributed by atoms with Crippen molar-refractivity contribution in [2.45, 2.75) is 45.8 Å². The quantitative estimate of drug-likeness (QED) is 0.850. The monoisotopic (exact) mass is 341 g/mol. The van der Waals surface area contributed by atoms with Crippen LogP contribution in [0, 0.1) is 25.6 Å². The molecule has 1 N–H and O–H groups in total. The highest BCUT2D eigenvalue weighted by Gasteiger charge is 2.29. The highest BCUT2D eigenvalue weighted by molar-refractivity contribution is 5.30. The lowest BCUT2D eigenvalue weighted by atomic mass is 9.86. The van der Waals surface area contributed by atoms with Crippen LogP contribution in [0.5, 0.6) is 0 Å². The molecule has 0 aliphatic carbocycles. The lowest BCUT2D eigenvalue weighted by molar-refractivity contribution is 0.0467. The first-order valence-corrected chi connectivity index (χ1v) is 9.20. The van der Waals surface area contributed by atoms with Gasteiger partial charge in [-0.1, -0.05) is 47.5 Å². The number of halogens is 1. The van der Waals surface area contributed by atoms with Crippen LogP contribution in [0.25, 0.3) is 0 Å². The Labute approximate surface area is 150 Å². The number of hydrogen-bond acceptors (Lipinski definition) is 2. The van der Waals surface area contributed by atoms with Gasteiger partial charge in [0.25, 0.3) is 0 Å². The highest BCUT2D eigenvalue weighted by Crippen LogP contribution is 2.34. The van der Waals surface area contributed by atoms with Crippen LogP contribution in [0.1, 0.15) is 54.2 Å². The van der Waals surface area contributed by atoms with Crippen LogP contribution in [-0.4, -0.2) is 23.1 Å². The summed E-state index contributed by atoms with van der Waals surface area (Å²) in [6.07, 6.45) is 1.46.